The van der Waals surface area contributed by atoms with Gasteiger partial charge in [-0.3, -0.25) is 4.79 Å². The Morgan fingerprint density at radius 3 is 2.88 bits per heavy atom. The van der Waals surface area contributed by atoms with Crippen LogP contribution in [0.25, 0.3) is 0 Å². The van der Waals surface area contributed by atoms with Gasteiger partial charge in [0.05, 0.1) is 12.2 Å². The number of hydrogen-bond donors (Lipinski definition) is 1. The summed E-state index contributed by atoms with van der Waals surface area (Å²) in [4.78, 5) is 25.1. The summed E-state index contributed by atoms with van der Waals surface area (Å²) in [6, 6.07) is 6.08. The highest BCUT2D eigenvalue weighted by Crippen LogP contribution is 2.42. The predicted molar refractivity (Wildman–Crippen MR) is 87.5 cm³/mol. The number of Topliss-reactive ketones (excluding diaryl/α,β-unsaturated/α-hetero) is 1. The number of nitrogens with one attached hydrogen (secondary N) is 1. The summed E-state index contributed by atoms with van der Waals surface area (Å²) in [6.45, 7) is 3.77. The first-order valence-corrected chi connectivity index (χ1v) is 8.19. The SMILES string of the molecule is CCOC(=O)C1=C(C)NC2=C(C(=O)CCC2)[C@H]1c1cccc(F)c1. The lowest BCUT2D eigenvalue weighted by atomic mass is 9.75. The first kappa shape index (κ1) is 16.4. The van der Waals surface area contributed by atoms with Gasteiger partial charge in [-0.05, 0) is 44.4 Å². The zero-order chi connectivity index (χ0) is 17.3. The average molecular weight is 329 g/mol. The lowest BCUT2D eigenvalue weighted by molar-refractivity contribution is -0.138. The van der Waals surface area contributed by atoms with Gasteiger partial charge in [-0.25, -0.2) is 9.18 Å². The number of ether oxygens (including phenoxy) is 1. The summed E-state index contributed by atoms with van der Waals surface area (Å²) in [5, 5.41) is 3.20. The Hall–Kier alpha value is -2.43. The fourth-order valence-corrected chi connectivity index (χ4v) is 3.48. The van der Waals surface area contributed by atoms with E-state index in [1.807, 2.05) is 0 Å². The maximum absolute atomic E-state index is 13.8. The minimum Gasteiger partial charge on any atom is -0.463 e. The molecular formula is C19H20FNO3. The third-order valence-corrected chi connectivity index (χ3v) is 4.45. The minimum atomic E-state index is -0.580. The van der Waals surface area contributed by atoms with Gasteiger partial charge in [-0.1, -0.05) is 12.1 Å². The van der Waals surface area contributed by atoms with Gasteiger partial charge in [0.15, 0.2) is 5.78 Å². The Kier molecular flexibility index (Phi) is 4.51. The molecule has 0 bridgehead atoms. The van der Waals surface area contributed by atoms with Gasteiger partial charge in [-0.2, -0.15) is 0 Å². The van der Waals surface area contributed by atoms with Crippen LogP contribution in [0.1, 0.15) is 44.6 Å². The highest BCUT2D eigenvalue weighted by molar-refractivity contribution is 6.03. The van der Waals surface area contributed by atoms with Crippen molar-refractivity contribution in [3.8, 4) is 0 Å². The molecule has 0 radical (unpaired) electrons. The number of hydrogen-bond acceptors (Lipinski definition) is 4. The number of ketones is 1. The van der Waals surface area contributed by atoms with Crippen molar-refractivity contribution in [3.05, 3.63) is 58.2 Å². The number of carbonyl (C=O) groups excluding carboxylic acids is 2. The molecule has 0 spiro atoms. The van der Waals surface area contributed by atoms with Gasteiger partial charge in [0, 0.05) is 29.3 Å². The van der Waals surface area contributed by atoms with E-state index in [4.69, 9.17) is 4.74 Å². The first-order chi connectivity index (χ1) is 11.5. The molecule has 1 aromatic carbocycles. The third kappa shape index (κ3) is 2.86. The van der Waals surface area contributed by atoms with Crippen LogP contribution in [0.3, 0.4) is 0 Å². The second-order valence-electron chi connectivity index (χ2n) is 6.04. The zero-order valence-corrected chi connectivity index (χ0v) is 13.8. The number of halogens is 1. The van der Waals surface area contributed by atoms with E-state index in [2.05, 4.69) is 5.32 Å². The number of rotatable bonds is 3. The molecule has 4 nitrogen and oxygen atoms in total. The van der Waals surface area contributed by atoms with Crippen LogP contribution in [0.15, 0.2) is 46.8 Å². The Morgan fingerprint density at radius 2 is 2.17 bits per heavy atom. The predicted octanol–water partition coefficient (Wildman–Crippen LogP) is 3.36. The number of esters is 1. The first-order valence-electron chi connectivity index (χ1n) is 8.19. The van der Waals surface area contributed by atoms with Crippen molar-refractivity contribution in [2.45, 2.75) is 39.0 Å². The molecule has 3 rings (SSSR count). The van der Waals surface area contributed by atoms with Gasteiger partial charge in [0.1, 0.15) is 5.82 Å². The van der Waals surface area contributed by atoms with E-state index >= 15 is 0 Å². The van der Waals surface area contributed by atoms with Crippen LogP contribution in [0.5, 0.6) is 0 Å². The zero-order valence-electron chi connectivity index (χ0n) is 13.8. The molecule has 0 unspecified atom stereocenters. The Bertz CT molecular complexity index is 764. The maximum Gasteiger partial charge on any atom is 0.336 e. The molecule has 126 valence electrons. The molecule has 0 saturated heterocycles. The highest BCUT2D eigenvalue weighted by atomic mass is 19.1. The lowest BCUT2D eigenvalue weighted by Crippen LogP contribution is -2.34. The molecule has 0 saturated carbocycles. The Labute approximate surface area is 140 Å². The van der Waals surface area contributed by atoms with Crippen molar-refractivity contribution in [1.29, 1.82) is 0 Å². The Balaban J connectivity index is 2.17. The topological polar surface area (TPSA) is 55.4 Å². The number of benzene rings is 1. The summed E-state index contributed by atoms with van der Waals surface area (Å²) >= 11 is 0. The van der Waals surface area contributed by atoms with Crippen LogP contribution in [-0.4, -0.2) is 18.4 Å². The van der Waals surface area contributed by atoms with Crippen molar-refractivity contribution >= 4 is 11.8 Å². The number of dihydropyridines is 1. The van der Waals surface area contributed by atoms with Crippen LogP contribution < -0.4 is 5.32 Å². The Morgan fingerprint density at radius 1 is 1.38 bits per heavy atom. The fraction of sp³-hybridized carbons (Fsp3) is 0.368. The number of allylic oxidation sites excluding steroid dienone is 3. The normalized spacial score (nSPS) is 20.6. The summed E-state index contributed by atoms with van der Waals surface area (Å²) in [7, 11) is 0. The van der Waals surface area contributed by atoms with E-state index in [0.717, 1.165) is 18.5 Å². The van der Waals surface area contributed by atoms with Crippen LogP contribution in [0.2, 0.25) is 0 Å². The standard InChI is InChI=1S/C19H20FNO3/c1-3-24-19(23)16-11(2)21-14-8-5-9-15(22)18(14)17(16)12-6-4-7-13(20)10-12/h4,6-7,10,17,21H,3,5,8-9H2,1-2H3/t17-/m0/s1. The third-order valence-electron chi connectivity index (χ3n) is 4.45. The number of carbonyl (C=O) groups is 2. The van der Waals surface area contributed by atoms with Crippen molar-refractivity contribution in [2.75, 3.05) is 6.61 Å². The van der Waals surface area contributed by atoms with Crippen molar-refractivity contribution < 1.29 is 18.7 Å². The summed E-state index contributed by atoms with van der Waals surface area (Å²) in [5.74, 6) is -1.44. The second-order valence-corrected chi connectivity index (χ2v) is 6.04. The van der Waals surface area contributed by atoms with E-state index in [1.165, 1.54) is 12.1 Å². The smallest absolute Gasteiger partial charge is 0.336 e. The fourth-order valence-electron chi connectivity index (χ4n) is 3.48. The van der Waals surface area contributed by atoms with Crippen LogP contribution in [0.4, 0.5) is 4.39 Å². The highest BCUT2D eigenvalue weighted by Gasteiger charge is 2.39. The van der Waals surface area contributed by atoms with Crippen LogP contribution in [-0.2, 0) is 14.3 Å². The van der Waals surface area contributed by atoms with Gasteiger partial charge < -0.3 is 10.1 Å². The minimum absolute atomic E-state index is 0.00677. The molecule has 0 amide bonds. The van der Waals surface area contributed by atoms with E-state index in [-0.39, 0.29) is 12.4 Å². The largest absolute Gasteiger partial charge is 0.463 e. The van der Waals surface area contributed by atoms with Gasteiger partial charge in [0.2, 0.25) is 0 Å². The summed E-state index contributed by atoms with van der Waals surface area (Å²) in [5.41, 5.74) is 3.06. The van der Waals surface area contributed by atoms with Crippen molar-refractivity contribution in [2.24, 2.45) is 0 Å². The molecular weight excluding hydrogens is 309 g/mol. The van der Waals surface area contributed by atoms with E-state index in [0.29, 0.717) is 28.8 Å². The van der Waals surface area contributed by atoms with Crippen molar-refractivity contribution in [1.82, 2.24) is 5.32 Å². The van der Waals surface area contributed by atoms with Crippen molar-refractivity contribution in [3.63, 3.8) is 0 Å². The molecule has 1 atom stereocenters. The molecule has 0 aromatic heterocycles. The van der Waals surface area contributed by atoms with E-state index in [1.54, 1.807) is 26.0 Å². The van der Waals surface area contributed by atoms with Gasteiger partial charge >= 0.3 is 5.97 Å². The molecule has 1 heterocycles. The maximum atomic E-state index is 13.8. The molecule has 1 aromatic rings. The monoisotopic (exact) mass is 329 g/mol. The quantitative estimate of drug-likeness (QED) is 0.864. The molecule has 2 aliphatic rings. The van der Waals surface area contributed by atoms with Crippen LogP contribution in [0, 0.1) is 5.82 Å². The molecule has 24 heavy (non-hydrogen) atoms. The lowest BCUT2D eigenvalue weighted by Gasteiger charge is -2.34. The molecule has 0 fully saturated rings. The van der Waals surface area contributed by atoms with E-state index in [9.17, 15) is 14.0 Å². The van der Waals surface area contributed by atoms with Gasteiger partial charge in [0.25, 0.3) is 0 Å². The van der Waals surface area contributed by atoms with Gasteiger partial charge in [-0.15, -0.1) is 0 Å². The van der Waals surface area contributed by atoms with E-state index < -0.39 is 17.7 Å². The van der Waals surface area contributed by atoms with Crippen LogP contribution >= 0.6 is 0 Å². The molecule has 1 aliphatic carbocycles. The summed E-state index contributed by atoms with van der Waals surface area (Å²) < 4.78 is 19.0. The average Bonchev–Trinajstić information content (AvgIpc) is 2.54. The second kappa shape index (κ2) is 6.59. The molecule has 5 heteroatoms. The molecule has 1 N–H and O–H groups in total. The summed E-state index contributed by atoms with van der Waals surface area (Å²) in [6.07, 6.45) is 1.98. The molecule has 1 aliphatic heterocycles.